The summed E-state index contributed by atoms with van der Waals surface area (Å²) in [6.07, 6.45) is 7.42. The third-order valence-electron chi connectivity index (χ3n) is 5.76. The van der Waals surface area contributed by atoms with Crippen molar-refractivity contribution in [2.45, 2.75) is 56.1 Å². The van der Waals surface area contributed by atoms with E-state index in [0.29, 0.717) is 25.2 Å². The quantitative estimate of drug-likeness (QED) is 0.801. The zero-order valence-electron chi connectivity index (χ0n) is 15.7. The molecule has 2 aliphatic heterocycles. The topological polar surface area (TPSA) is 112 Å². The first kappa shape index (κ1) is 19.0. The number of H-pyrrole nitrogens is 1. The van der Waals surface area contributed by atoms with Crippen LogP contribution in [0.15, 0.2) is 35.6 Å². The molecule has 2 saturated heterocycles. The van der Waals surface area contributed by atoms with Crippen LogP contribution in [0.5, 0.6) is 0 Å². The van der Waals surface area contributed by atoms with Crippen molar-refractivity contribution in [1.29, 1.82) is 0 Å². The molecule has 2 bridgehead atoms. The van der Waals surface area contributed by atoms with Crippen molar-refractivity contribution in [3.05, 3.63) is 36.4 Å². The Labute approximate surface area is 164 Å². The van der Waals surface area contributed by atoms with Gasteiger partial charge in [0.25, 0.3) is 0 Å². The smallest absolute Gasteiger partial charge is 0.245 e. The number of carbonyl (C=O) groups excluding carboxylic acids is 1. The van der Waals surface area contributed by atoms with Gasteiger partial charge in [-0.1, -0.05) is 13.3 Å². The largest absolute Gasteiger partial charge is 0.335 e. The van der Waals surface area contributed by atoms with E-state index in [-0.39, 0.29) is 22.8 Å². The number of aromatic amines is 1. The van der Waals surface area contributed by atoms with Crippen molar-refractivity contribution < 1.29 is 13.2 Å². The Balaban J connectivity index is 1.74. The molecular weight excluding hydrogens is 380 g/mol. The van der Waals surface area contributed by atoms with E-state index in [9.17, 15) is 13.2 Å². The highest BCUT2D eigenvalue weighted by Gasteiger charge is 2.49. The monoisotopic (exact) mass is 404 g/mol. The van der Waals surface area contributed by atoms with Gasteiger partial charge in [-0.2, -0.15) is 19.7 Å². The van der Waals surface area contributed by atoms with E-state index < -0.39 is 16.1 Å². The minimum absolute atomic E-state index is 0.0626. The van der Waals surface area contributed by atoms with Gasteiger partial charge in [-0.15, -0.1) is 0 Å². The minimum Gasteiger partial charge on any atom is -0.335 e. The van der Waals surface area contributed by atoms with Gasteiger partial charge in [0.2, 0.25) is 15.9 Å². The van der Waals surface area contributed by atoms with Crippen molar-refractivity contribution in [3.8, 4) is 0 Å². The Morgan fingerprint density at radius 3 is 2.82 bits per heavy atom. The Bertz CT molecular complexity index is 918. The molecule has 28 heavy (non-hydrogen) atoms. The normalized spacial score (nSPS) is 26.2. The lowest BCUT2D eigenvalue weighted by atomic mass is 9.89. The van der Waals surface area contributed by atoms with E-state index >= 15 is 0 Å². The standard InChI is InChI=1S/C18H24N6O3S/c1-2-13-11-23(12-14-9-20-22-21-14)18(25)17-7-3-6-16(13)24(17)28(26,27)15-5-4-8-19-10-15/h4-5,8-10,13,16-17H,2-3,6-7,11-12H2,1H3,(H,20,21,22)/t13-,16?,17?/m0/s1. The fourth-order valence-electron chi connectivity index (χ4n) is 4.40. The molecule has 2 unspecified atom stereocenters. The van der Waals surface area contributed by atoms with Crippen molar-refractivity contribution >= 4 is 15.9 Å². The molecule has 0 radical (unpaired) electrons. The number of rotatable bonds is 5. The molecule has 0 aromatic carbocycles. The Morgan fingerprint density at radius 1 is 1.29 bits per heavy atom. The number of piperidine rings is 1. The molecule has 150 valence electrons. The highest BCUT2D eigenvalue weighted by atomic mass is 32.2. The zero-order chi connectivity index (χ0) is 19.7. The van der Waals surface area contributed by atoms with Crippen LogP contribution in [0, 0.1) is 5.92 Å². The van der Waals surface area contributed by atoms with E-state index in [4.69, 9.17) is 0 Å². The molecule has 9 nitrogen and oxygen atoms in total. The zero-order valence-corrected chi connectivity index (χ0v) is 16.5. The molecule has 4 rings (SSSR count). The molecule has 1 N–H and O–H groups in total. The summed E-state index contributed by atoms with van der Waals surface area (Å²) < 4.78 is 28.4. The number of sulfonamides is 1. The molecule has 0 aliphatic carbocycles. The predicted molar refractivity (Wildman–Crippen MR) is 100 cm³/mol. The first-order chi connectivity index (χ1) is 13.5. The fourth-order valence-corrected chi connectivity index (χ4v) is 6.25. The molecule has 4 heterocycles. The maximum absolute atomic E-state index is 13.5. The fraction of sp³-hybridized carbons (Fsp3) is 0.556. The number of amides is 1. The second-order valence-electron chi connectivity index (χ2n) is 7.39. The Morgan fingerprint density at radius 2 is 2.14 bits per heavy atom. The summed E-state index contributed by atoms with van der Waals surface area (Å²) in [5, 5.41) is 10.4. The van der Waals surface area contributed by atoms with Crippen LogP contribution in [0.4, 0.5) is 0 Å². The molecule has 10 heteroatoms. The van der Waals surface area contributed by atoms with Gasteiger partial charge >= 0.3 is 0 Å². The van der Waals surface area contributed by atoms with Gasteiger partial charge in [0, 0.05) is 25.0 Å². The number of fused-ring (bicyclic) bond motifs is 2. The molecule has 2 fully saturated rings. The van der Waals surface area contributed by atoms with Gasteiger partial charge in [0.1, 0.15) is 16.6 Å². The minimum atomic E-state index is -3.82. The van der Waals surface area contributed by atoms with Crippen LogP contribution in [-0.2, 0) is 21.4 Å². The van der Waals surface area contributed by atoms with Crippen LogP contribution in [0.2, 0.25) is 0 Å². The van der Waals surface area contributed by atoms with Crippen LogP contribution in [0.1, 0.15) is 38.3 Å². The van der Waals surface area contributed by atoms with Crippen LogP contribution in [-0.4, -0.2) is 62.6 Å². The summed E-state index contributed by atoms with van der Waals surface area (Å²) in [7, 11) is -3.82. The summed E-state index contributed by atoms with van der Waals surface area (Å²) in [5.74, 6) is -0.0938. The summed E-state index contributed by atoms with van der Waals surface area (Å²) >= 11 is 0. The van der Waals surface area contributed by atoms with E-state index in [2.05, 4.69) is 20.4 Å². The van der Waals surface area contributed by atoms with E-state index in [1.807, 2.05) is 6.92 Å². The average Bonchev–Trinajstić information content (AvgIpc) is 3.21. The van der Waals surface area contributed by atoms with Gasteiger partial charge in [0.15, 0.2) is 0 Å². The second-order valence-corrected chi connectivity index (χ2v) is 9.23. The number of nitrogens with one attached hydrogen (secondary N) is 1. The summed E-state index contributed by atoms with van der Waals surface area (Å²) in [4.78, 5) is 19.2. The Kier molecular flexibility index (Phi) is 5.15. The van der Waals surface area contributed by atoms with E-state index in [0.717, 1.165) is 19.3 Å². The van der Waals surface area contributed by atoms with Gasteiger partial charge in [-0.3, -0.25) is 9.78 Å². The molecule has 2 aromatic rings. The van der Waals surface area contributed by atoms with Gasteiger partial charge in [-0.25, -0.2) is 8.42 Å². The van der Waals surface area contributed by atoms with Crippen LogP contribution in [0.25, 0.3) is 0 Å². The maximum Gasteiger partial charge on any atom is 0.245 e. The lowest BCUT2D eigenvalue weighted by Crippen LogP contribution is -2.54. The first-order valence-corrected chi connectivity index (χ1v) is 11.0. The summed E-state index contributed by atoms with van der Waals surface area (Å²) in [6, 6.07) is 2.27. The van der Waals surface area contributed by atoms with Crippen LogP contribution >= 0.6 is 0 Å². The highest BCUT2D eigenvalue weighted by molar-refractivity contribution is 7.89. The van der Waals surface area contributed by atoms with Crippen molar-refractivity contribution in [1.82, 2.24) is 29.6 Å². The van der Waals surface area contributed by atoms with Gasteiger partial charge in [-0.05, 0) is 37.3 Å². The molecule has 2 aromatic heterocycles. The molecule has 0 spiro atoms. The highest BCUT2D eigenvalue weighted by Crippen LogP contribution is 2.38. The van der Waals surface area contributed by atoms with E-state index in [1.165, 1.54) is 10.5 Å². The molecule has 1 amide bonds. The number of pyridine rings is 1. The Hall–Kier alpha value is -2.33. The third-order valence-corrected chi connectivity index (χ3v) is 7.68. The lowest BCUT2D eigenvalue weighted by Gasteiger charge is -2.40. The van der Waals surface area contributed by atoms with Crippen molar-refractivity contribution in [3.63, 3.8) is 0 Å². The van der Waals surface area contributed by atoms with Crippen LogP contribution in [0.3, 0.4) is 0 Å². The number of hydrogen-bond acceptors (Lipinski definition) is 6. The van der Waals surface area contributed by atoms with E-state index in [1.54, 1.807) is 29.4 Å². The maximum atomic E-state index is 13.5. The second kappa shape index (κ2) is 7.59. The number of nitrogens with zero attached hydrogens (tertiary/aromatic N) is 5. The van der Waals surface area contributed by atoms with Gasteiger partial charge in [0.05, 0.1) is 12.7 Å². The predicted octanol–water partition coefficient (Wildman–Crippen LogP) is 1.18. The van der Waals surface area contributed by atoms with Gasteiger partial charge < -0.3 is 4.90 Å². The number of aromatic nitrogens is 4. The number of carbonyl (C=O) groups is 1. The number of hydrogen-bond donors (Lipinski definition) is 1. The lowest BCUT2D eigenvalue weighted by molar-refractivity contribution is -0.135. The van der Waals surface area contributed by atoms with Crippen LogP contribution < -0.4 is 0 Å². The van der Waals surface area contributed by atoms with Crippen molar-refractivity contribution in [2.24, 2.45) is 5.92 Å². The summed E-state index contributed by atoms with van der Waals surface area (Å²) in [6.45, 7) is 2.89. The molecular formula is C18H24N6O3S. The molecule has 3 atom stereocenters. The summed E-state index contributed by atoms with van der Waals surface area (Å²) in [5.41, 5.74) is 0.668. The average molecular weight is 404 g/mol. The third kappa shape index (κ3) is 3.30. The SMILES string of the molecule is CC[C@H]1CN(Cc2cn[nH]n2)C(=O)C2CCCC1N2S(=O)(=O)c1cccnc1. The first-order valence-electron chi connectivity index (χ1n) is 9.59. The molecule has 2 aliphatic rings. The van der Waals surface area contributed by atoms with Crippen molar-refractivity contribution in [2.75, 3.05) is 6.54 Å². The molecule has 0 saturated carbocycles.